The number of hydrogen-bond acceptors (Lipinski definition) is 3. The van der Waals surface area contributed by atoms with E-state index in [9.17, 15) is 4.79 Å². The van der Waals surface area contributed by atoms with Crippen LogP contribution in [0.1, 0.15) is 51.4 Å². The maximum absolute atomic E-state index is 12.6. The lowest BCUT2D eigenvalue weighted by atomic mass is 9.67. The van der Waals surface area contributed by atoms with E-state index in [0.29, 0.717) is 30.0 Å². The smallest absolute Gasteiger partial charge is 0.226 e. The highest BCUT2D eigenvalue weighted by molar-refractivity contribution is 5.80. The summed E-state index contributed by atoms with van der Waals surface area (Å²) in [7, 11) is 0. The van der Waals surface area contributed by atoms with Gasteiger partial charge in [0.1, 0.15) is 0 Å². The molecule has 0 aromatic heterocycles. The van der Waals surface area contributed by atoms with Crippen LogP contribution in [0.5, 0.6) is 0 Å². The Morgan fingerprint density at radius 3 is 2.40 bits per heavy atom. The van der Waals surface area contributed by atoms with Crippen LogP contribution in [-0.4, -0.2) is 30.2 Å². The number of carbonyl (C=O) groups excluding carboxylic acids is 1. The van der Waals surface area contributed by atoms with Crippen LogP contribution in [0, 0.1) is 17.8 Å². The Labute approximate surface area is 120 Å². The van der Waals surface area contributed by atoms with E-state index in [-0.39, 0.29) is 17.9 Å². The van der Waals surface area contributed by atoms with Gasteiger partial charge in [0, 0.05) is 12.1 Å². The van der Waals surface area contributed by atoms with E-state index in [2.05, 4.69) is 5.32 Å². The topological polar surface area (TPSA) is 64.3 Å². The Balaban J connectivity index is 1.42. The minimum Gasteiger partial charge on any atom is -0.374 e. The van der Waals surface area contributed by atoms with Crippen molar-refractivity contribution < 1.29 is 9.53 Å². The summed E-state index contributed by atoms with van der Waals surface area (Å²) >= 11 is 0. The van der Waals surface area contributed by atoms with Gasteiger partial charge in [-0.15, -0.1) is 0 Å². The van der Waals surface area contributed by atoms with Gasteiger partial charge in [-0.25, -0.2) is 0 Å². The lowest BCUT2D eigenvalue weighted by Crippen LogP contribution is -2.55. The molecule has 5 atom stereocenters. The molecule has 0 aromatic carbocycles. The summed E-state index contributed by atoms with van der Waals surface area (Å²) in [5.41, 5.74) is 6.16. The quantitative estimate of drug-likeness (QED) is 0.806. The van der Waals surface area contributed by atoms with Gasteiger partial charge in [0.2, 0.25) is 5.91 Å². The number of ether oxygens (including phenoxy) is 1. The first-order valence-corrected chi connectivity index (χ1v) is 8.42. The van der Waals surface area contributed by atoms with Crippen molar-refractivity contribution in [1.29, 1.82) is 0 Å². The molecule has 4 bridgehead atoms. The molecule has 4 rings (SSSR count). The van der Waals surface area contributed by atoms with Crippen LogP contribution >= 0.6 is 0 Å². The average Bonchev–Trinajstić information content (AvgIpc) is 3.02. The van der Waals surface area contributed by atoms with E-state index in [0.717, 1.165) is 32.1 Å². The van der Waals surface area contributed by atoms with Gasteiger partial charge in [-0.1, -0.05) is 6.42 Å². The average molecular weight is 278 g/mol. The van der Waals surface area contributed by atoms with Gasteiger partial charge < -0.3 is 15.8 Å². The predicted octanol–water partition coefficient (Wildman–Crippen LogP) is 1.58. The predicted molar refractivity (Wildman–Crippen MR) is 76.0 cm³/mol. The van der Waals surface area contributed by atoms with Crippen LogP contribution in [0.2, 0.25) is 0 Å². The summed E-state index contributed by atoms with van der Waals surface area (Å²) in [6, 6.07) is 0.736. The molecule has 2 saturated carbocycles. The summed E-state index contributed by atoms with van der Waals surface area (Å²) < 4.78 is 5.83. The molecular weight excluding hydrogens is 252 g/mol. The molecule has 3 N–H and O–H groups in total. The summed E-state index contributed by atoms with van der Waals surface area (Å²) in [6.45, 7) is 0. The number of rotatable bonds is 2. The molecule has 2 heterocycles. The van der Waals surface area contributed by atoms with Gasteiger partial charge in [0.15, 0.2) is 0 Å². The molecule has 4 fully saturated rings. The van der Waals surface area contributed by atoms with Crippen LogP contribution in [-0.2, 0) is 9.53 Å². The molecule has 4 aliphatic rings. The highest BCUT2D eigenvalue weighted by atomic mass is 16.5. The van der Waals surface area contributed by atoms with Crippen molar-refractivity contribution >= 4 is 5.91 Å². The number of carbonyl (C=O) groups is 1. The summed E-state index contributed by atoms with van der Waals surface area (Å²) in [5, 5.41) is 3.39. The second-order valence-corrected chi connectivity index (χ2v) is 7.43. The molecule has 20 heavy (non-hydrogen) atoms. The molecule has 4 heteroatoms. The molecular formula is C16H26N2O2. The van der Waals surface area contributed by atoms with E-state index in [4.69, 9.17) is 10.5 Å². The summed E-state index contributed by atoms with van der Waals surface area (Å²) in [4.78, 5) is 12.6. The number of nitrogens with two attached hydrogens (primary N) is 1. The lowest BCUT2D eigenvalue weighted by Gasteiger charge is -2.45. The summed E-state index contributed by atoms with van der Waals surface area (Å²) in [5.74, 6) is 1.60. The Morgan fingerprint density at radius 1 is 1.05 bits per heavy atom. The SMILES string of the molecule is NC1CC2CCCC(C1)C2NC(=O)C1CC2CCC1O2. The first-order valence-electron chi connectivity index (χ1n) is 8.42. The number of fused-ring (bicyclic) bond motifs is 4. The Kier molecular flexibility index (Phi) is 3.26. The highest BCUT2D eigenvalue weighted by Gasteiger charge is 2.46. The van der Waals surface area contributed by atoms with E-state index in [1.54, 1.807) is 0 Å². The number of amides is 1. The molecule has 2 aliphatic carbocycles. The maximum atomic E-state index is 12.6. The van der Waals surface area contributed by atoms with Crippen molar-refractivity contribution in [2.75, 3.05) is 0 Å². The van der Waals surface area contributed by atoms with E-state index < -0.39 is 0 Å². The van der Waals surface area contributed by atoms with Crippen molar-refractivity contribution in [2.24, 2.45) is 23.5 Å². The summed E-state index contributed by atoms with van der Waals surface area (Å²) in [6.07, 6.45) is 9.70. The normalized spacial score (nSPS) is 50.1. The third-order valence-electron chi connectivity index (χ3n) is 6.13. The number of hydrogen-bond donors (Lipinski definition) is 2. The Morgan fingerprint density at radius 2 is 1.80 bits per heavy atom. The highest BCUT2D eigenvalue weighted by Crippen LogP contribution is 2.42. The van der Waals surface area contributed by atoms with Crippen molar-refractivity contribution in [3.8, 4) is 0 Å². The van der Waals surface area contributed by atoms with Crippen LogP contribution in [0.3, 0.4) is 0 Å². The fraction of sp³-hybridized carbons (Fsp3) is 0.938. The monoisotopic (exact) mass is 278 g/mol. The molecule has 1 amide bonds. The first-order chi connectivity index (χ1) is 9.70. The molecule has 5 unspecified atom stereocenters. The van der Waals surface area contributed by atoms with E-state index in [1.807, 2.05) is 0 Å². The first kappa shape index (κ1) is 13.1. The van der Waals surface area contributed by atoms with Gasteiger partial charge in [0.05, 0.1) is 18.1 Å². The number of nitrogens with one attached hydrogen (secondary N) is 1. The Bertz CT molecular complexity index is 386. The van der Waals surface area contributed by atoms with Gasteiger partial charge in [-0.3, -0.25) is 4.79 Å². The van der Waals surface area contributed by atoms with E-state index >= 15 is 0 Å². The van der Waals surface area contributed by atoms with E-state index in [1.165, 1.54) is 19.3 Å². The van der Waals surface area contributed by atoms with Gasteiger partial charge in [-0.05, 0) is 56.8 Å². The molecule has 2 aliphatic heterocycles. The third-order valence-corrected chi connectivity index (χ3v) is 6.13. The van der Waals surface area contributed by atoms with Gasteiger partial charge in [0.25, 0.3) is 0 Å². The van der Waals surface area contributed by atoms with Crippen LogP contribution in [0.25, 0.3) is 0 Å². The third kappa shape index (κ3) is 2.17. The molecule has 0 radical (unpaired) electrons. The zero-order valence-electron chi connectivity index (χ0n) is 12.1. The fourth-order valence-corrected chi connectivity index (χ4v) is 5.21. The molecule has 0 aromatic rings. The van der Waals surface area contributed by atoms with Crippen molar-refractivity contribution in [3.05, 3.63) is 0 Å². The van der Waals surface area contributed by atoms with Gasteiger partial charge in [-0.2, -0.15) is 0 Å². The zero-order valence-corrected chi connectivity index (χ0v) is 12.1. The standard InChI is InChI=1S/C16H26N2O2/c17-11-6-9-2-1-3-10(7-11)15(9)18-16(19)13-8-12-4-5-14(13)20-12/h9-15H,1-8,17H2,(H,18,19). The fourth-order valence-electron chi connectivity index (χ4n) is 5.21. The van der Waals surface area contributed by atoms with Crippen LogP contribution < -0.4 is 11.1 Å². The largest absolute Gasteiger partial charge is 0.374 e. The molecule has 112 valence electrons. The van der Waals surface area contributed by atoms with Crippen molar-refractivity contribution in [2.45, 2.75) is 75.7 Å². The molecule has 4 nitrogen and oxygen atoms in total. The van der Waals surface area contributed by atoms with Crippen molar-refractivity contribution in [1.82, 2.24) is 5.32 Å². The minimum absolute atomic E-state index is 0.116. The Hall–Kier alpha value is -0.610. The van der Waals surface area contributed by atoms with Gasteiger partial charge >= 0.3 is 0 Å². The minimum atomic E-state index is 0.116. The molecule has 0 spiro atoms. The molecule has 2 saturated heterocycles. The lowest BCUT2D eigenvalue weighted by molar-refractivity contribution is -0.128. The zero-order chi connectivity index (χ0) is 13.7. The maximum Gasteiger partial charge on any atom is 0.226 e. The van der Waals surface area contributed by atoms with Crippen LogP contribution in [0.15, 0.2) is 0 Å². The second-order valence-electron chi connectivity index (χ2n) is 7.43. The second kappa shape index (κ2) is 4.99. The van der Waals surface area contributed by atoms with Crippen LogP contribution in [0.4, 0.5) is 0 Å². The van der Waals surface area contributed by atoms with Crippen molar-refractivity contribution in [3.63, 3.8) is 0 Å².